The number of imidazole rings is 1. The van der Waals surface area contributed by atoms with Gasteiger partial charge in [-0.2, -0.15) is 0 Å². The molecule has 7 nitrogen and oxygen atoms in total. The number of aliphatic hydroxyl groups excluding tert-OH is 1. The van der Waals surface area contributed by atoms with Gasteiger partial charge in [0.05, 0.1) is 24.4 Å². The summed E-state index contributed by atoms with van der Waals surface area (Å²) in [4.78, 5) is 20.7. The van der Waals surface area contributed by atoms with Gasteiger partial charge in [0.1, 0.15) is 11.4 Å². The number of carbonyl (C=O) groups excluding carboxylic acids is 1. The van der Waals surface area contributed by atoms with Crippen molar-refractivity contribution < 1.29 is 14.6 Å². The minimum Gasteiger partial charge on any atom is -0.495 e. The maximum Gasteiger partial charge on any atom is 0.219 e. The van der Waals surface area contributed by atoms with Crippen LogP contribution in [0, 0.1) is 0 Å². The number of amides is 1. The molecule has 158 valence electrons. The SMILES string of the molecule is COc1cc(CO)c(-c2cn3ccc(N4CCN(C(C)=O)C(C)C4)cc3n2)cc1Cl. The second kappa shape index (κ2) is 8.16. The van der Waals surface area contributed by atoms with Crippen LogP contribution in [0.1, 0.15) is 19.4 Å². The Bertz CT molecular complexity index is 1100. The van der Waals surface area contributed by atoms with Crippen molar-refractivity contribution in [1.82, 2.24) is 14.3 Å². The summed E-state index contributed by atoms with van der Waals surface area (Å²) in [6.45, 7) is 5.84. The lowest BCUT2D eigenvalue weighted by atomic mass is 10.1. The number of carbonyl (C=O) groups is 1. The van der Waals surface area contributed by atoms with Crippen LogP contribution in [0.25, 0.3) is 16.9 Å². The summed E-state index contributed by atoms with van der Waals surface area (Å²) in [5.41, 5.74) is 4.09. The van der Waals surface area contributed by atoms with Crippen LogP contribution in [0.15, 0.2) is 36.7 Å². The molecular weight excluding hydrogens is 404 g/mol. The minimum atomic E-state index is -0.139. The van der Waals surface area contributed by atoms with Crippen molar-refractivity contribution in [3.8, 4) is 17.0 Å². The molecule has 0 bridgehead atoms. The summed E-state index contributed by atoms with van der Waals surface area (Å²) in [5.74, 6) is 0.641. The Morgan fingerprint density at radius 3 is 2.80 bits per heavy atom. The summed E-state index contributed by atoms with van der Waals surface area (Å²) in [6.07, 6.45) is 3.90. The van der Waals surface area contributed by atoms with Crippen molar-refractivity contribution in [1.29, 1.82) is 0 Å². The quantitative estimate of drug-likeness (QED) is 0.691. The van der Waals surface area contributed by atoms with Crippen molar-refractivity contribution >= 4 is 28.8 Å². The fourth-order valence-corrected chi connectivity index (χ4v) is 4.32. The van der Waals surface area contributed by atoms with Gasteiger partial charge < -0.3 is 24.0 Å². The number of fused-ring (bicyclic) bond motifs is 1. The van der Waals surface area contributed by atoms with Crippen LogP contribution in [0.3, 0.4) is 0 Å². The number of methoxy groups -OCH3 is 1. The molecule has 1 aromatic carbocycles. The zero-order chi connectivity index (χ0) is 21.4. The molecule has 1 unspecified atom stereocenters. The molecule has 8 heteroatoms. The van der Waals surface area contributed by atoms with E-state index in [1.807, 2.05) is 27.8 Å². The number of piperazine rings is 1. The molecule has 1 N–H and O–H groups in total. The summed E-state index contributed by atoms with van der Waals surface area (Å²) < 4.78 is 7.20. The number of pyridine rings is 1. The molecule has 2 aromatic heterocycles. The van der Waals surface area contributed by atoms with Gasteiger partial charge in [-0.05, 0) is 30.7 Å². The molecule has 1 amide bonds. The normalized spacial score (nSPS) is 16.9. The van der Waals surface area contributed by atoms with E-state index >= 15 is 0 Å². The van der Waals surface area contributed by atoms with E-state index in [-0.39, 0.29) is 18.6 Å². The lowest BCUT2D eigenvalue weighted by Gasteiger charge is -2.40. The van der Waals surface area contributed by atoms with E-state index in [0.29, 0.717) is 22.9 Å². The number of halogens is 1. The number of nitrogens with zero attached hydrogens (tertiary/aromatic N) is 4. The van der Waals surface area contributed by atoms with Gasteiger partial charge in [0, 0.05) is 62.3 Å². The Balaban J connectivity index is 1.66. The van der Waals surface area contributed by atoms with Crippen LogP contribution in [0.5, 0.6) is 5.75 Å². The van der Waals surface area contributed by atoms with E-state index in [4.69, 9.17) is 21.3 Å². The maximum atomic E-state index is 11.7. The van der Waals surface area contributed by atoms with E-state index in [9.17, 15) is 9.90 Å². The van der Waals surface area contributed by atoms with Crippen molar-refractivity contribution in [3.63, 3.8) is 0 Å². The van der Waals surface area contributed by atoms with Gasteiger partial charge in [-0.25, -0.2) is 4.98 Å². The molecule has 1 fully saturated rings. The molecule has 4 rings (SSSR count). The van der Waals surface area contributed by atoms with Crippen molar-refractivity contribution in [3.05, 3.63) is 47.2 Å². The monoisotopic (exact) mass is 428 g/mol. The van der Waals surface area contributed by atoms with Crippen LogP contribution >= 0.6 is 11.6 Å². The van der Waals surface area contributed by atoms with Gasteiger partial charge in [-0.3, -0.25) is 4.79 Å². The number of benzene rings is 1. The van der Waals surface area contributed by atoms with E-state index in [1.54, 1.807) is 26.2 Å². The minimum absolute atomic E-state index is 0.119. The van der Waals surface area contributed by atoms with Crippen LogP contribution in [0.4, 0.5) is 5.69 Å². The fraction of sp³-hybridized carbons (Fsp3) is 0.364. The van der Waals surface area contributed by atoms with Gasteiger partial charge >= 0.3 is 0 Å². The van der Waals surface area contributed by atoms with Crippen LogP contribution in [0.2, 0.25) is 5.02 Å². The number of aliphatic hydroxyl groups is 1. The van der Waals surface area contributed by atoms with Crippen molar-refractivity contribution in [2.45, 2.75) is 26.5 Å². The van der Waals surface area contributed by atoms with Gasteiger partial charge in [0.15, 0.2) is 0 Å². The first-order valence-electron chi connectivity index (χ1n) is 9.89. The largest absolute Gasteiger partial charge is 0.495 e. The lowest BCUT2D eigenvalue weighted by Crippen LogP contribution is -2.53. The average Bonchev–Trinajstić information content (AvgIpc) is 3.16. The number of hydrogen-bond acceptors (Lipinski definition) is 5. The number of rotatable bonds is 4. The third-order valence-electron chi connectivity index (χ3n) is 5.66. The molecule has 0 aliphatic carbocycles. The Labute approximate surface area is 180 Å². The summed E-state index contributed by atoms with van der Waals surface area (Å²) >= 11 is 6.31. The molecule has 0 saturated carbocycles. The van der Waals surface area contributed by atoms with Gasteiger partial charge in [0.2, 0.25) is 5.91 Å². The lowest BCUT2D eigenvalue weighted by molar-refractivity contribution is -0.131. The zero-order valence-electron chi connectivity index (χ0n) is 17.3. The zero-order valence-corrected chi connectivity index (χ0v) is 18.1. The molecule has 1 aliphatic heterocycles. The number of aromatic nitrogens is 2. The van der Waals surface area contributed by atoms with E-state index in [0.717, 1.165) is 35.7 Å². The van der Waals surface area contributed by atoms with E-state index in [1.165, 1.54) is 0 Å². The number of anilines is 1. The number of hydrogen-bond donors (Lipinski definition) is 1. The molecular formula is C22H25ClN4O3. The third-order valence-corrected chi connectivity index (χ3v) is 5.96. The van der Waals surface area contributed by atoms with Crippen LogP contribution < -0.4 is 9.64 Å². The first kappa shape index (κ1) is 20.5. The summed E-state index contributed by atoms with van der Waals surface area (Å²) in [5, 5.41) is 10.3. The highest BCUT2D eigenvalue weighted by atomic mass is 35.5. The van der Waals surface area contributed by atoms with Crippen LogP contribution in [-0.4, -0.2) is 58.1 Å². The molecule has 30 heavy (non-hydrogen) atoms. The molecule has 0 spiro atoms. The smallest absolute Gasteiger partial charge is 0.219 e. The molecule has 0 radical (unpaired) electrons. The van der Waals surface area contributed by atoms with Gasteiger partial charge in [-0.15, -0.1) is 0 Å². The molecule has 1 aliphatic rings. The number of ether oxygens (including phenoxy) is 1. The van der Waals surface area contributed by atoms with Crippen LogP contribution in [-0.2, 0) is 11.4 Å². The van der Waals surface area contributed by atoms with Crippen molar-refractivity contribution in [2.24, 2.45) is 0 Å². The Morgan fingerprint density at radius 2 is 2.13 bits per heavy atom. The highest BCUT2D eigenvalue weighted by molar-refractivity contribution is 6.32. The average molecular weight is 429 g/mol. The second-order valence-electron chi connectivity index (χ2n) is 7.59. The van der Waals surface area contributed by atoms with Gasteiger partial charge in [-0.1, -0.05) is 11.6 Å². The van der Waals surface area contributed by atoms with E-state index in [2.05, 4.69) is 17.9 Å². The Hall–Kier alpha value is -2.77. The second-order valence-corrected chi connectivity index (χ2v) is 7.99. The van der Waals surface area contributed by atoms with Crippen molar-refractivity contribution in [2.75, 3.05) is 31.6 Å². The first-order valence-corrected chi connectivity index (χ1v) is 10.3. The highest BCUT2D eigenvalue weighted by Gasteiger charge is 2.25. The van der Waals surface area contributed by atoms with E-state index < -0.39 is 0 Å². The summed E-state index contributed by atoms with van der Waals surface area (Å²) in [7, 11) is 1.55. The molecule has 1 saturated heterocycles. The fourth-order valence-electron chi connectivity index (χ4n) is 4.08. The standard InChI is InChI=1S/C22H25ClN4O3/c1-14-11-25(6-7-27(14)15(2)29)17-4-5-26-12-20(24-22(26)9-17)18-10-19(23)21(30-3)8-16(18)13-28/h4-5,8-10,12,14,28H,6-7,11,13H2,1-3H3. The van der Waals surface area contributed by atoms with Gasteiger partial charge in [0.25, 0.3) is 0 Å². The molecule has 1 atom stereocenters. The first-order chi connectivity index (χ1) is 14.4. The maximum absolute atomic E-state index is 11.7. The predicted octanol–water partition coefficient (Wildman–Crippen LogP) is 3.21. The highest BCUT2D eigenvalue weighted by Crippen LogP contribution is 2.34. The topological polar surface area (TPSA) is 70.3 Å². The molecule has 3 aromatic rings. The molecule has 3 heterocycles. The Morgan fingerprint density at radius 1 is 1.33 bits per heavy atom. The Kier molecular flexibility index (Phi) is 5.58. The summed E-state index contributed by atoms with van der Waals surface area (Å²) in [6, 6.07) is 7.78. The predicted molar refractivity (Wildman–Crippen MR) is 117 cm³/mol. The third kappa shape index (κ3) is 3.70.